The molecular formula is C8H6BrClF2O3S. The zero-order valence-corrected chi connectivity index (χ0v) is 10.8. The lowest BCUT2D eigenvalue weighted by Gasteiger charge is -2.09. The molecule has 90 valence electrons. The van der Waals surface area contributed by atoms with Crippen molar-refractivity contribution in [3.05, 3.63) is 28.2 Å². The van der Waals surface area contributed by atoms with Crippen molar-refractivity contribution in [1.29, 1.82) is 0 Å². The first-order valence-electron chi connectivity index (χ1n) is 3.93. The summed E-state index contributed by atoms with van der Waals surface area (Å²) in [5, 5.41) is 0. The van der Waals surface area contributed by atoms with Gasteiger partial charge in [0.15, 0.2) is 0 Å². The molecule has 0 saturated heterocycles. The lowest BCUT2D eigenvalue weighted by atomic mass is 10.2. The second kappa shape index (κ2) is 5.29. The fraction of sp³-hybridized carbons (Fsp3) is 0.250. The second-order valence-corrected chi connectivity index (χ2v) is 6.51. The summed E-state index contributed by atoms with van der Waals surface area (Å²) in [6.45, 7) is -3.02. The van der Waals surface area contributed by atoms with E-state index in [1.165, 1.54) is 18.2 Å². The molecule has 16 heavy (non-hydrogen) atoms. The van der Waals surface area contributed by atoms with Crippen LogP contribution in [0.25, 0.3) is 0 Å². The minimum atomic E-state index is -3.83. The van der Waals surface area contributed by atoms with Crippen molar-refractivity contribution < 1.29 is 21.9 Å². The number of ether oxygens (including phenoxy) is 1. The molecule has 0 unspecified atom stereocenters. The summed E-state index contributed by atoms with van der Waals surface area (Å²) >= 11 is 3.09. The monoisotopic (exact) mass is 334 g/mol. The van der Waals surface area contributed by atoms with Crippen LogP contribution < -0.4 is 4.74 Å². The van der Waals surface area contributed by atoms with E-state index >= 15 is 0 Å². The van der Waals surface area contributed by atoms with Crippen molar-refractivity contribution in [3.8, 4) is 5.75 Å². The Bertz CT molecular complexity index is 478. The average molecular weight is 336 g/mol. The number of hydrogen-bond acceptors (Lipinski definition) is 3. The number of benzene rings is 1. The molecule has 0 aliphatic carbocycles. The van der Waals surface area contributed by atoms with Crippen LogP contribution in [0.4, 0.5) is 8.78 Å². The number of hydrogen-bond donors (Lipinski definition) is 0. The fourth-order valence-electron chi connectivity index (χ4n) is 1.06. The van der Waals surface area contributed by atoms with E-state index in [-0.39, 0.29) is 11.3 Å². The molecule has 1 aromatic rings. The van der Waals surface area contributed by atoms with Crippen LogP contribution in [-0.4, -0.2) is 15.0 Å². The lowest BCUT2D eigenvalue weighted by Crippen LogP contribution is -2.06. The maximum Gasteiger partial charge on any atom is 0.387 e. The molecule has 1 aromatic carbocycles. The smallest absolute Gasteiger partial charge is 0.387 e. The molecule has 0 fully saturated rings. The zero-order valence-electron chi connectivity index (χ0n) is 7.66. The predicted octanol–water partition coefficient (Wildman–Crippen LogP) is 3.12. The van der Waals surface area contributed by atoms with Gasteiger partial charge in [-0.3, -0.25) is 0 Å². The van der Waals surface area contributed by atoms with Gasteiger partial charge < -0.3 is 4.74 Å². The quantitative estimate of drug-likeness (QED) is 0.794. The topological polar surface area (TPSA) is 43.4 Å². The third kappa shape index (κ3) is 4.63. The Hall–Kier alpha value is -0.400. The summed E-state index contributed by atoms with van der Waals surface area (Å²) < 4.78 is 50.5. The number of alkyl halides is 2. The molecule has 0 spiro atoms. The summed E-state index contributed by atoms with van der Waals surface area (Å²) in [5.74, 6) is -0.779. The van der Waals surface area contributed by atoms with Gasteiger partial charge in [0, 0.05) is 20.7 Å². The third-order valence-electron chi connectivity index (χ3n) is 1.57. The van der Waals surface area contributed by atoms with Crippen molar-refractivity contribution in [1.82, 2.24) is 0 Å². The largest absolute Gasteiger partial charge is 0.435 e. The van der Waals surface area contributed by atoms with E-state index in [9.17, 15) is 17.2 Å². The van der Waals surface area contributed by atoms with Gasteiger partial charge in [-0.05, 0) is 18.2 Å². The van der Waals surface area contributed by atoms with Gasteiger partial charge in [0.1, 0.15) is 5.75 Å². The molecule has 0 bridgehead atoms. The molecule has 0 aliphatic heterocycles. The van der Waals surface area contributed by atoms with Gasteiger partial charge in [0.2, 0.25) is 9.05 Å². The van der Waals surface area contributed by atoms with Crippen LogP contribution >= 0.6 is 26.6 Å². The van der Waals surface area contributed by atoms with Gasteiger partial charge in [-0.15, -0.1) is 0 Å². The van der Waals surface area contributed by atoms with Gasteiger partial charge in [-0.25, -0.2) is 8.42 Å². The minimum Gasteiger partial charge on any atom is -0.435 e. The van der Waals surface area contributed by atoms with Crippen molar-refractivity contribution >= 4 is 35.7 Å². The first-order valence-corrected chi connectivity index (χ1v) is 7.20. The molecular weight excluding hydrogens is 330 g/mol. The Morgan fingerprint density at radius 2 is 2.06 bits per heavy atom. The molecule has 0 radical (unpaired) electrons. The molecule has 1 rings (SSSR count). The van der Waals surface area contributed by atoms with Gasteiger partial charge in [-0.2, -0.15) is 8.78 Å². The molecule has 0 aliphatic rings. The van der Waals surface area contributed by atoms with Crippen LogP contribution in [0.15, 0.2) is 22.7 Å². The number of rotatable bonds is 4. The second-order valence-electron chi connectivity index (χ2n) is 2.81. The van der Waals surface area contributed by atoms with Crippen LogP contribution in [0, 0.1) is 0 Å². The molecule has 0 heterocycles. The Labute approximate surface area is 104 Å². The average Bonchev–Trinajstić information content (AvgIpc) is 2.06. The molecule has 0 atom stereocenters. The van der Waals surface area contributed by atoms with E-state index in [1.807, 2.05) is 0 Å². The van der Waals surface area contributed by atoms with E-state index in [4.69, 9.17) is 10.7 Å². The summed E-state index contributed by atoms with van der Waals surface area (Å²) in [6, 6.07) is 4.06. The first kappa shape index (κ1) is 13.7. The van der Waals surface area contributed by atoms with Crippen molar-refractivity contribution in [2.45, 2.75) is 12.4 Å². The minimum absolute atomic E-state index is 0.0738. The van der Waals surface area contributed by atoms with Crippen LogP contribution in [0.5, 0.6) is 5.75 Å². The highest BCUT2D eigenvalue weighted by Gasteiger charge is 2.15. The first-order chi connectivity index (χ1) is 7.28. The van der Waals surface area contributed by atoms with Gasteiger partial charge in [-0.1, -0.05) is 15.9 Å². The van der Waals surface area contributed by atoms with E-state index in [1.54, 1.807) is 0 Å². The number of halogens is 4. The van der Waals surface area contributed by atoms with Crippen LogP contribution in [-0.2, 0) is 14.8 Å². The van der Waals surface area contributed by atoms with Crippen molar-refractivity contribution in [2.24, 2.45) is 0 Å². The molecule has 0 aromatic heterocycles. The van der Waals surface area contributed by atoms with Crippen molar-refractivity contribution in [3.63, 3.8) is 0 Å². The molecule has 0 amide bonds. The highest BCUT2D eigenvalue weighted by molar-refractivity contribution is 9.10. The van der Waals surface area contributed by atoms with E-state index in [2.05, 4.69) is 20.7 Å². The Balaban J connectivity index is 3.08. The van der Waals surface area contributed by atoms with E-state index < -0.39 is 21.4 Å². The Kier molecular flexibility index (Phi) is 4.52. The Morgan fingerprint density at radius 1 is 1.44 bits per heavy atom. The van der Waals surface area contributed by atoms with E-state index in [0.717, 1.165) is 0 Å². The highest BCUT2D eigenvalue weighted by atomic mass is 79.9. The zero-order chi connectivity index (χ0) is 12.3. The molecule has 3 nitrogen and oxygen atoms in total. The summed E-state index contributed by atoms with van der Waals surface area (Å²) in [5.41, 5.74) is 0.0738. The lowest BCUT2D eigenvalue weighted by molar-refractivity contribution is -0.0503. The standard InChI is InChI=1S/C8H6BrClF2O3S/c9-6-1-2-7(15-8(11)12)5(3-6)4-16(10,13)14/h1-3,8H,4H2. The molecule has 8 heteroatoms. The van der Waals surface area contributed by atoms with E-state index in [0.29, 0.717) is 4.47 Å². The van der Waals surface area contributed by atoms with Gasteiger partial charge >= 0.3 is 6.61 Å². The highest BCUT2D eigenvalue weighted by Crippen LogP contribution is 2.27. The molecule has 0 saturated carbocycles. The van der Waals surface area contributed by atoms with Gasteiger partial charge in [0.25, 0.3) is 0 Å². The predicted molar refractivity (Wildman–Crippen MR) is 59.3 cm³/mol. The van der Waals surface area contributed by atoms with Crippen molar-refractivity contribution in [2.75, 3.05) is 0 Å². The van der Waals surface area contributed by atoms with Crippen LogP contribution in [0.1, 0.15) is 5.56 Å². The SMILES string of the molecule is O=S(=O)(Cl)Cc1cc(Br)ccc1OC(F)F. The Morgan fingerprint density at radius 3 is 2.56 bits per heavy atom. The molecule has 0 N–H and O–H groups in total. The summed E-state index contributed by atoms with van der Waals surface area (Å²) in [7, 11) is 1.22. The normalized spacial score (nSPS) is 11.8. The van der Waals surface area contributed by atoms with Crippen LogP contribution in [0.3, 0.4) is 0 Å². The fourth-order valence-corrected chi connectivity index (χ4v) is 2.42. The van der Waals surface area contributed by atoms with Gasteiger partial charge in [0.05, 0.1) is 5.75 Å². The summed E-state index contributed by atoms with van der Waals surface area (Å²) in [4.78, 5) is 0. The maximum absolute atomic E-state index is 12.0. The third-order valence-corrected chi connectivity index (χ3v) is 3.04. The maximum atomic E-state index is 12.0. The van der Waals surface area contributed by atoms with Crippen LogP contribution in [0.2, 0.25) is 0 Å². The summed E-state index contributed by atoms with van der Waals surface area (Å²) in [6.07, 6.45) is 0.